The standard InChI is InChI=1S/C30H46N2O6/c1-19(2)14-23(32-28(36)38-29(5,6)7)25(33)17-22(16-21-12-10-9-11-13-21)27(35)31-24(15-20(3)4)26(34)30(8)18-37-30/h9-13,19-20,22-24H,14-18H2,1-8H3,(H,31,35)(H,32,36)/t22-,23+,24+,30-/m1/s1. The molecule has 4 atom stereocenters. The van der Waals surface area contributed by atoms with Crippen molar-refractivity contribution in [3.05, 3.63) is 35.9 Å². The number of benzene rings is 1. The number of ether oxygens (including phenoxy) is 2. The minimum atomic E-state index is -0.864. The van der Waals surface area contributed by atoms with Crippen molar-refractivity contribution in [1.29, 1.82) is 0 Å². The van der Waals surface area contributed by atoms with Gasteiger partial charge >= 0.3 is 6.09 Å². The number of hydrogen-bond donors (Lipinski definition) is 2. The summed E-state index contributed by atoms with van der Waals surface area (Å²) in [5.41, 5.74) is -0.659. The fourth-order valence-corrected chi connectivity index (χ4v) is 4.34. The number of amides is 2. The molecule has 1 aromatic carbocycles. The highest BCUT2D eigenvalue weighted by Crippen LogP contribution is 2.30. The molecule has 0 aromatic heterocycles. The van der Waals surface area contributed by atoms with Crippen LogP contribution in [-0.4, -0.2) is 53.5 Å². The van der Waals surface area contributed by atoms with Crippen LogP contribution in [0.5, 0.6) is 0 Å². The molecule has 0 bridgehead atoms. The van der Waals surface area contributed by atoms with Crippen LogP contribution in [0.25, 0.3) is 0 Å². The molecular formula is C30H46N2O6. The number of alkyl carbamates (subject to hydrolysis) is 1. The third kappa shape index (κ3) is 10.6. The van der Waals surface area contributed by atoms with Crippen molar-refractivity contribution in [2.75, 3.05) is 6.61 Å². The van der Waals surface area contributed by atoms with Gasteiger partial charge in [0.25, 0.3) is 0 Å². The average Bonchev–Trinajstić information content (AvgIpc) is 3.54. The van der Waals surface area contributed by atoms with Gasteiger partial charge in [-0.2, -0.15) is 0 Å². The molecule has 2 rings (SSSR count). The summed E-state index contributed by atoms with van der Waals surface area (Å²) >= 11 is 0. The van der Waals surface area contributed by atoms with Gasteiger partial charge in [0.2, 0.25) is 5.91 Å². The van der Waals surface area contributed by atoms with Crippen molar-refractivity contribution < 1.29 is 28.7 Å². The fraction of sp³-hybridized carbons (Fsp3) is 0.667. The maximum absolute atomic E-state index is 13.6. The van der Waals surface area contributed by atoms with Crippen molar-refractivity contribution in [1.82, 2.24) is 10.6 Å². The minimum absolute atomic E-state index is 0.0791. The average molecular weight is 531 g/mol. The Balaban J connectivity index is 2.25. The minimum Gasteiger partial charge on any atom is -0.444 e. The van der Waals surface area contributed by atoms with Crippen LogP contribution in [0.2, 0.25) is 0 Å². The van der Waals surface area contributed by atoms with Crippen LogP contribution >= 0.6 is 0 Å². The van der Waals surface area contributed by atoms with Crippen molar-refractivity contribution in [2.24, 2.45) is 17.8 Å². The van der Waals surface area contributed by atoms with E-state index in [0.717, 1.165) is 5.56 Å². The number of Topliss-reactive ketones (excluding diaryl/α,β-unsaturated/α-hetero) is 2. The van der Waals surface area contributed by atoms with Crippen LogP contribution in [0, 0.1) is 17.8 Å². The Morgan fingerprint density at radius 1 is 0.947 bits per heavy atom. The highest BCUT2D eigenvalue weighted by Gasteiger charge is 2.50. The molecule has 2 N–H and O–H groups in total. The lowest BCUT2D eigenvalue weighted by Gasteiger charge is -2.27. The molecule has 1 aliphatic rings. The van der Waals surface area contributed by atoms with Gasteiger partial charge in [-0.15, -0.1) is 0 Å². The Kier molecular flexibility index (Phi) is 11.1. The summed E-state index contributed by atoms with van der Waals surface area (Å²) in [6, 6.07) is 7.98. The van der Waals surface area contributed by atoms with Crippen LogP contribution < -0.4 is 10.6 Å². The summed E-state index contributed by atoms with van der Waals surface area (Å²) in [7, 11) is 0. The van der Waals surface area contributed by atoms with Gasteiger partial charge in [0.15, 0.2) is 11.6 Å². The van der Waals surface area contributed by atoms with Gasteiger partial charge in [0.05, 0.1) is 18.7 Å². The molecule has 0 aliphatic carbocycles. The first kappa shape index (κ1) is 31.5. The van der Waals surface area contributed by atoms with Gasteiger partial charge in [-0.25, -0.2) is 4.79 Å². The largest absolute Gasteiger partial charge is 0.444 e. The quantitative estimate of drug-likeness (QED) is 0.339. The van der Waals surface area contributed by atoms with Gasteiger partial charge < -0.3 is 20.1 Å². The SMILES string of the molecule is CC(C)C[C@H](NC(=O)OC(C)(C)C)C(=O)C[C@@H](Cc1ccccc1)C(=O)N[C@@H](CC(C)C)C(=O)[C@@]1(C)CO1. The molecule has 0 saturated carbocycles. The Labute approximate surface area is 227 Å². The molecule has 1 aromatic rings. The molecule has 1 aliphatic heterocycles. The predicted molar refractivity (Wildman–Crippen MR) is 147 cm³/mol. The predicted octanol–water partition coefficient (Wildman–Crippen LogP) is 4.63. The zero-order valence-electron chi connectivity index (χ0n) is 24.3. The Morgan fingerprint density at radius 3 is 2.00 bits per heavy atom. The molecule has 0 radical (unpaired) electrons. The lowest BCUT2D eigenvalue weighted by atomic mass is 9.88. The normalized spacial score (nSPS) is 19.4. The maximum Gasteiger partial charge on any atom is 0.408 e. The molecule has 1 heterocycles. The molecule has 0 spiro atoms. The first-order valence-corrected chi connectivity index (χ1v) is 13.6. The van der Waals surface area contributed by atoms with Crippen LogP contribution in [0.3, 0.4) is 0 Å². The van der Waals surface area contributed by atoms with E-state index >= 15 is 0 Å². The molecule has 38 heavy (non-hydrogen) atoms. The van der Waals surface area contributed by atoms with Gasteiger partial charge in [-0.3, -0.25) is 14.4 Å². The van der Waals surface area contributed by atoms with E-state index in [2.05, 4.69) is 10.6 Å². The monoisotopic (exact) mass is 530 g/mol. The molecule has 1 fully saturated rings. The lowest BCUT2D eigenvalue weighted by molar-refractivity contribution is -0.134. The number of nitrogens with one attached hydrogen (secondary N) is 2. The highest BCUT2D eigenvalue weighted by atomic mass is 16.6. The fourth-order valence-electron chi connectivity index (χ4n) is 4.34. The Morgan fingerprint density at radius 2 is 1.50 bits per heavy atom. The van der Waals surface area contributed by atoms with Gasteiger partial charge in [0.1, 0.15) is 11.2 Å². The van der Waals surface area contributed by atoms with Crippen LogP contribution in [0.15, 0.2) is 30.3 Å². The summed E-state index contributed by atoms with van der Waals surface area (Å²) in [5.74, 6) is -1.15. The van der Waals surface area contributed by atoms with Gasteiger partial charge in [-0.1, -0.05) is 58.0 Å². The number of ketones is 2. The summed E-state index contributed by atoms with van der Waals surface area (Å²) in [6.07, 6.45) is 0.480. The number of hydrogen-bond acceptors (Lipinski definition) is 6. The number of carbonyl (C=O) groups excluding carboxylic acids is 4. The second-order valence-electron chi connectivity index (χ2n) is 12.5. The topological polar surface area (TPSA) is 114 Å². The van der Waals surface area contributed by atoms with E-state index in [4.69, 9.17) is 9.47 Å². The molecule has 1 saturated heterocycles. The molecule has 8 nitrogen and oxygen atoms in total. The smallest absolute Gasteiger partial charge is 0.408 e. The first-order chi connectivity index (χ1) is 17.6. The first-order valence-electron chi connectivity index (χ1n) is 13.6. The summed E-state index contributed by atoms with van der Waals surface area (Å²) < 4.78 is 10.7. The number of rotatable bonds is 14. The number of epoxide rings is 1. The van der Waals surface area contributed by atoms with E-state index in [1.807, 2.05) is 58.0 Å². The Hall–Kier alpha value is -2.74. The second kappa shape index (κ2) is 13.4. The van der Waals surface area contributed by atoms with Crippen molar-refractivity contribution in [3.8, 4) is 0 Å². The van der Waals surface area contributed by atoms with E-state index in [0.29, 0.717) is 25.9 Å². The van der Waals surface area contributed by atoms with Gasteiger partial charge in [-0.05, 0) is 64.4 Å². The summed E-state index contributed by atoms with van der Waals surface area (Å²) in [6.45, 7) is 15.3. The molecular weight excluding hydrogens is 484 g/mol. The summed E-state index contributed by atoms with van der Waals surface area (Å²) in [4.78, 5) is 52.7. The molecule has 212 valence electrons. The van der Waals surface area contributed by atoms with Crippen molar-refractivity contribution >= 4 is 23.6 Å². The molecule has 2 amide bonds. The zero-order chi connectivity index (χ0) is 28.7. The Bertz CT molecular complexity index is 963. The van der Waals surface area contributed by atoms with E-state index in [1.165, 1.54) is 0 Å². The lowest BCUT2D eigenvalue weighted by Crippen LogP contribution is -2.50. The van der Waals surface area contributed by atoms with E-state index in [-0.39, 0.29) is 35.7 Å². The highest BCUT2D eigenvalue weighted by molar-refractivity contribution is 5.98. The van der Waals surface area contributed by atoms with E-state index < -0.39 is 35.3 Å². The van der Waals surface area contributed by atoms with E-state index in [1.54, 1.807) is 27.7 Å². The van der Waals surface area contributed by atoms with Crippen molar-refractivity contribution in [2.45, 2.75) is 104 Å². The van der Waals surface area contributed by atoms with Crippen LogP contribution in [-0.2, 0) is 30.3 Å². The van der Waals surface area contributed by atoms with Crippen LogP contribution in [0.4, 0.5) is 4.79 Å². The van der Waals surface area contributed by atoms with Crippen LogP contribution in [0.1, 0.15) is 80.2 Å². The maximum atomic E-state index is 13.6. The van der Waals surface area contributed by atoms with Gasteiger partial charge in [0, 0.05) is 12.3 Å². The summed E-state index contributed by atoms with van der Waals surface area (Å²) in [5, 5.41) is 5.65. The molecule has 8 heteroatoms. The zero-order valence-corrected chi connectivity index (χ0v) is 24.3. The number of carbonyl (C=O) groups is 4. The molecule has 0 unspecified atom stereocenters. The second-order valence-corrected chi connectivity index (χ2v) is 12.5. The van der Waals surface area contributed by atoms with E-state index in [9.17, 15) is 19.2 Å². The third-order valence-electron chi connectivity index (χ3n) is 6.37. The third-order valence-corrected chi connectivity index (χ3v) is 6.37. The van der Waals surface area contributed by atoms with Crippen molar-refractivity contribution in [3.63, 3.8) is 0 Å².